The largest absolute Gasteiger partial charge is 0.0834 e. The summed E-state index contributed by atoms with van der Waals surface area (Å²) in [5, 5.41) is 0. The first-order valence-electron chi connectivity index (χ1n) is 8.08. The summed E-state index contributed by atoms with van der Waals surface area (Å²) in [5.74, 6) is 0. The lowest BCUT2D eigenvalue weighted by Crippen LogP contribution is -2.11. The van der Waals surface area contributed by atoms with Gasteiger partial charge >= 0.3 is 0 Å². The van der Waals surface area contributed by atoms with E-state index in [4.69, 9.17) is 0 Å². The van der Waals surface area contributed by atoms with E-state index in [0.29, 0.717) is 5.41 Å². The molecule has 0 aliphatic heterocycles. The van der Waals surface area contributed by atoms with Crippen molar-refractivity contribution in [2.24, 2.45) is 5.41 Å². The Morgan fingerprint density at radius 2 is 1.71 bits per heavy atom. The van der Waals surface area contributed by atoms with E-state index in [1.807, 2.05) is 0 Å². The molecule has 21 heavy (non-hydrogen) atoms. The summed E-state index contributed by atoms with van der Waals surface area (Å²) >= 11 is 0. The Labute approximate surface area is 131 Å². The molecule has 0 spiro atoms. The maximum Gasteiger partial charge on any atom is -0.00544 e. The van der Waals surface area contributed by atoms with E-state index >= 15 is 0 Å². The summed E-state index contributed by atoms with van der Waals surface area (Å²) in [6, 6.07) is 7.03. The fraction of sp³-hybridized carbons (Fsp3) is 0.524. The van der Waals surface area contributed by atoms with Crippen molar-refractivity contribution in [3.8, 4) is 0 Å². The van der Waals surface area contributed by atoms with Gasteiger partial charge in [-0.25, -0.2) is 0 Å². The van der Waals surface area contributed by atoms with Crippen LogP contribution in [0.2, 0.25) is 0 Å². The molecule has 0 atom stereocenters. The SMILES string of the molecule is CC1=C(/C=C\CC(C)(C)C)c2ccc(C(C)(C)C)cc2C1. The summed E-state index contributed by atoms with van der Waals surface area (Å²) in [6.45, 7) is 16.0. The average Bonchev–Trinajstić information content (AvgIpc) is 2.62. The zero-order chi connectivity index (χ0) is 15.8. The standard InChI is InChI=1S/C21H30/c1-15-13-16-14-17(21(5,6)7)10-11-19(16)18(15)9-8-12-20(2,3)4/h8-11,14H,12-13H2,1-7H3/b9-8-. The van der Waals surface area contributed by atoms with Gasteiger partial charge in [0.15, 0.2) is 0 Å². The molecular weight excluding hydrogens is 252 g/mol. The lowest BCUT2D eigenvalue weighted by Gasteiger charge is -2.20. The van der Waals surface area contributed by atoms with Gasteiger partial charge in [-0.05, 0) is 52.9 Å². The van der Waals surface area contributed by atoms with Crippen molar-refractivity contribution < 1.29 is 0 Å². The number of allylic oxidation sites excluding steroid dienone is 4. The molecule has 1 aromatic carbocycles. The molecule has 2 rings (SSSR count). The topological polar surface area (TPSA) is 0 Å². The Bertz CT molecular complexity index is 583. The van der Waals surface area contributed by atoms with Gasteiger partial charge in [0.2, 0.25) is 0 Å². The average molecular weight is 282 g/mol. The Kier molecular flexibility index (Phi) is 4.19. The van der Waals surface area contributed by atoms with Crippen LogP contribution < -0.4 is 0 Å². The predicted molar refractivity (Wildman–Crippen MR) is 94.7 cm³/mol. The van der Waals surface area contributed by atoms with E-state index in [-0.39, 0.29) is 5.41 Å². The van der Waals surface area contributed by atoms with Crippen molar-refractivity contribution in [2.75, 3.05) is 0 Å². The summed E-state index contributed by atoms with van der Waals surface area (Å²) < 4.78 is 0. The van der Waals surface area contributed by atoms with E-state index in [1.165, 1.54) is 27.8 Å². The maximum atomic E-state index is 2.41. The number of rotatable bonds is 2. The van der Waals surface area contributed by atoms with Crippen molar-refractivity contribution in [2.45, 2.75) is 66.7 Å². The number of hydrogen-bond donors (Lipinski definition) is 0. The zero-order valence-electron chi connectivity index (χ0n) is 14.8. The van der Waals surface area contributed by atoms with Crippen LogP contribution in [-0.4, -0.2) is 0 Å². The monoisotopic (exact) mass is 282 g/mol. The third-order valence-electron chi connectivity index (χ3n) is 4.19. The Morgan fingerprint density at radius 3 is 2.29 bits per heavy atom. The van der Waals surface area contributed by atoms with Crippen molar-refractivity contribution in [1.29, 1.82) is 0 Å². The Balaban J connectivity index is 2.27. The van der Waals surface area contributed by atoms with Gasteiger partial charge in [-0.3, -0.25) is 0 Å². The molecule has 0 amide bonds. The van der Waals surface area contributed by atoms with Gasteiger partial charge in [0.1, 0.15) is 0 Å². The highest BCUT2D eigenvalue weighted by Crippen LogP contribution is 2.36. The molecule has 0 saturated heterocycles. The third-order valence-corrected chi connectivity index (χ3v) is 4.19. The van der Waals surface area contributed by atoms with Crippen LogP contribution in [0.4, 0.5) is 0 Å². The molecule has 1 aliphatic rings. The fourth-order valence-electron chi connectivity index (χ4n) is 2.84. The second-order valence-electron chi connectivity index (χ2n) is 8.66. The van der Waals surface area contributed by atoms with Gasteiger partial charge in [-0.15, -0.1) is 0 Å². The van der Waals surface area contributed by atoms with Gasteiger partial charge in [0.25, 0.3) is 0 Å². The molecule has 0 nitrogen and oxygen atoms in total. The molecular formula is C21H30. The summed E-state index contributed by atoms with van der Waals surface area (Å²) in [6.07, 6.45) is 6.91. The molecule has 0 aromatic heterocycles. The summed E-state index contributed by atoms with van der Waals surface area (Å²) in [4.78, 5) is 0. The van der Waals surface area contributed by atoms with E-state index < -0.39 is 0 Å². The number of fused-ring (bicyclic) bond motifs is 1. The predicted octanol–water partition coefficient (Wildman–Crippen LogP) is 6.31. The first kappa shape index (κ1) is 16.1. The van der Waals surface area contributed by atoms with Crippen molar-refractivity contribution >= 4 is 5.57 Å². The van der Waals surface area contributed by atoms with E-state index in [1.54, 1.807) is 0 Å². The van der Waals surface area contributed by atoms with Crippen LogP contribution in [0.25, 0.3) is 5.57 Å². The molecule has 0 radical (unpaired) electrons. The highest BCUT2D eigenvalue weighted by molar-refractivity contribution is 5.82. The Hall–Kier alpha value is -1.30. The summed E-state index contributed by atoms with van der Waals surface area (Å²) in [7, 11) is 0. The van der Waals surface area contributed by atoms with Gasteiger partial charge in [-0.1, -0.05) is 77.5 Å². The maximum absolute atomic E-state index is 2.41. The van der Waals surface area contributed by atoms with Crippen molar-refractivity contribution in [3.63, 3.8) is 0 Å². The van der Waals surface area contributed by atoms with Crippen LogP contribution in [0.5, 0.6) is 0 Å². The molecule has 0 bridgehead atoms. The zero-order valence-corrected chi connectivity index (χ0v) is 14.8. The number of hydrogen-bond acceptors (Lipinski definition) is 0. The van der Waals surface area contributed by atoms with E-state index in [2.05, 4.69) is 78.8 Å². The second kappa shape index (κ2) is 5.48. The van der Waals surface area contributed by atoms with Crippen molar-refractivity contribution in [3.05, 3.63) is 52.6 Å². The first-order chi connectivity index (χ1) is 9.58. The van der Waals surface area contributed by atoms with E-state index in [9.17, 15) is 0 Å². The molecule has 1 aliphatic carbocycles. The summed E-state index contributed by atoms with van der Waals surface area (Å²) in [5.41, 5.74) is 7.90. The molecule has 0 fully saturated rings. The van der Waals surface area contributed by atoms with E-state index in [0.717, 1.165) is 12.8 Å². The molecule has 0 saturated carbocycles. The lowest BCUT2D eigenvalue weighted by molar-refractivity contribution is 0.420. The van der Waals surface area contributed by atoms with Gasteiger partial charge in [-0.2, -0.15) is 0 Å². The molecule has 0 unspecified atom stereocenters. The quantitative estimate of drug-likeness (QED) is 0.596. The molecule has 0 heteroatoms. The first-order valence-corrected chi connectivity index (χ1v) is 8.08. The minimum Gasteiger partial charge on any atom is -0.0834 e. The van der Waals surface area contributed by atoms with Crippen LogP contribution in [0, 0.1) is 5.41 Å². The van der Waals surface area contributed by atoms with Gasteiger partial charge < -0.3 is 0 Å². The number of benzene rings is 1. The van der Waals surface area contributed by atoms with Gasteiger partial charge in [0, 0.05) is 0 Å². The minimum absolute atomic E-state index is 0.230. The van der Waals surface area contributed by atoms with Gasteiger partial charge in [0.05, 0.1) is 0 Å². The highest BCUT2D eigenvalue weighted by Gasteiger charge is 2.21. The third kappa shape index (κ3) is 3.87. The molecule has 0 N–H and O–H groups in total. The second-order valence-corrected chi connectivity index (χ2v) is 8.66. The normalized spacial score (nSPS) is 16.0. The van der Waals surface area contributed by atoms with Crippen molar-refractivity contribution in [1.82, 2.24) is 0 Å². The smallest absolute Gasteiger partial charge is 0.00544 e. The van der Waals surface area contributed by atoms with Crippen LogP contribution in [0.15, 0.2) is 35.9 Å². The fourth-order valence-corrected chi connectivity index (χ4v) is 2.84. The molecule has 114 valence electrons. The highest BCUT2D eigenvalue weighted by atomic mass is 14.3. The minimum atomic E-state index is 0.230. The lowest BCUT2D eigenvalue weighted by atomic mass is 9.85. The van der Waals surface area contributed by atoms with Crippen LogP contribution >= 0.6 is 0 Å². The van der Waals surface area contributed by atoms with Crippen LogP contribution in [0.3, 0.4) is 0 Å². The molecule has 0 heterocycles. The molecule has 1 aromatic rings. The van der Waals surface area contributed by atoms with Crippen LogP contribution in [0.1, 0.15) is 71.6 Å². The Morgan fingerprint density at radius 1 is 1.05 bits per heavy atom. The van der Waals surface area contributed by atoms with Crippen LogP contribution in [-0.2, 0) is 11.8 Å².